The predicted molar refractivity (Wildman–Crippen MR) is 360 cm³/mol. The van der Waals surface area contributed by atoms with Crippen molar-refractivity contribution < 1.29 is 113 Å². The van der Waals surface area contributed by atoms with Crippen LogP contribution in [0.2, 0.25) is 0 Å². The molecule has 1 aliphatic rings. The Bertz CT molecular complexity index is 2990. The largest absolute Gasteiger partial charge is 0.507 e. The van der Waals surface area contributed by atoms with Gasteiger partial charge in [-0.1, -0.05) is 49.2 Å². The van der Waals surface area contributed by atoms with E-state index >= 15 is 0 Å². The summed E-state index contributed by atoms with van der Waals surface area (Å²) in [5.41, 5.74) is 1.24. The van der Waals surface area contributed by atoms with Crippen LogP contribution in [-0.2, 0) is 75.2 Å². The highest BCUT2D eigenvalue weighted by atomic mass is 127. The number of halogens is 1. The third-order valence-electron chi connectivity index (χ3n) is 16.1. The Labute approximate surface area is 585 Å². The molecule has 0 unspecified atom stereocenters. The number of urea groups is 1. The van der Waals surface area contributed by atoms with Crippen molar-refractivity contribution in [2.75, 3.05) is 85.1 Å². The van der Waals surface area contributed by atoms with Crippen LogP contribution in [0.4, 0.5) is 4.79 Å². The summed E-state index contributed by atoms with van der Waals surface area (Å²) in [6.45, 7) is -0.662. The SMILES string of the molecule is O=C(O)CC[C@H](NC(=O)N[C@@H](CCCCNC(=O)CCCCCCC(=O)NCCCC[C@@H](NC(=O)[C@@H](CCc1ccccc1)NC(=O)[C@@H](Cc1ccc(O)c(I)c1)NC(=O)CC[C@H](C(=O)O)N1CCN(CC(=O)O)CCN(CC(=O)O)CCN(CC(=O)O)CC1)C(=O)O)C(=O)O)C(=O)O. The number of unbranched alkanes of at least 4 members (excludes halogenated alkanes) is 5. The molecule has 0 spiro atoms. The number of amides is 7. The molecule has 35 heteroatoms. The van der Waals surface area contributed by atoms with Gasteiger partial charge in [0, 0.05) is 97.6 Å². The Morgan fingerprint density at radius 3 is 1.31 bits per heavy atom. The van der Waals surface area contributed by atoms with Crippen molar-refractivity contribution in [1.29, 1.82) is 0 Å². The zero-order valence-corrected chi connectivity index (χ0v) is 57.3. The number of aryl methyl sites for hydroxylation is 1. The van der Waals surface area contributed by atoms with Gasteiger partial charge in [0.1, 0.15) is 42.0 Å². The fourth-order valence-corrected chi connectivity index (χ4v) is 11.3. The standard InChI is InChI=1S/C64H94IN11O23/c65-43-36-42(19-23-50(43)77)37-48(68-53(80)24-22-49(63(97)98)76-34-32-74(39-56(85)86)30-28-73(38-55(83)84)29-31-75(33-35-76)40-57(87)88)59(90)69-44(20-18-41-12-4-3-5-13-41)58(89)70-45(60(91)92)14-8-10-26-66-51(78)16-6-1-2-7-17-52(79)67-27-11-9-15-46(61(93)94)71-64(99)72-47(62(95)96)21-25-54(81)82/h3-5,12-13,19,23,36,44-49,77H,1-2,6-11,14-18,20-22,24-35,37-40H2,(H,66,78)(H,67,79)(H,68,80)(H,69,90)(H,70,89)(H,81,82)(H,83,84)(H,85,86)(H,87,88)(H,91,92)(H,93,94)(H,95,96)(H,97,98)(H2,71,72,99)/t44-,45-,46+,47+,48-,49-/m1/s1. The number of aliphatic carboxylic acids is 8. The molecule has 7 amide bonds. The molecule has 0 aliphatic carbocycles. The number of nitrogens with one attached hydrogen (secondary N) is 7. The lowest BCUT2D eigenvalue weighted by molar-refractivity contribution is -0.145. The van der Waals surface area contributed by atoms with Crippen LogP contribution in [0.25, 0.3) is 0 Å². The van der Waals surface area contributed by atoms with Gasteiger partial charge < -0.3 is 83.2 Å². The number of nitrogens with zero attached hydrogens (tertiary/aromatic N) is 4. The first-order chi connectivity index (χ1) is 47.0. The second-order valence-corrected chi connectivity index (χ2v) is 25.1. The minimum absolute atomic E-state index is 0.00392. The lowest BCUT2D eigenvalue weighted by atomic mass is 10.0. The van der Waals surface area contributed by atoms with Gasteiger partial charge >= 0.3 is 53.8 Å². The number of carboxylic acid groups (broad SMARTS) is 8. The summed E-state index contributed by atoms with van der Waals surface area (Å²) in [5, 5.41) is 105. The normalized spacial score (nSPS) is 15.3. The molecule has 1 aliphatic heterocycles. The molecule has 3 rings (SSSR count). The smallest absolute Gasteiger partial charge is 0.326 e. The Morgan fingerprint density at radius 2 is 0.859 bits per heavy atom. The first-order valence-electron chi connectivity index (χ1n) is 32.7. The molecular weight excluding hydrogens is 1420 g/mol. The topological polar surface area (TPSA) is 518 Å². The quantitative estimate of drug-likeness (QED) is 0.0315. The van der Waals surface area contributed by atoms with Gasteiger partial charge in [0.2, 0.25) is 29.5 Å². The summed E-state index contributed by atoms with van der Waals surface area (Å²) in [5.74, 6) is -13.4. The molecule has 16 N–H and O–H groups in total. The van der Waals surface area contributed by atoms with Crippen molar-refractivity contribution in [3.8, 4) is 5.75 Å². The molecule has 0 aromatic heterocycles. The number of phenols is 1. The second-order valence-electron chi connectivity index (χ2n) is 24.0. The van der Waals surface area contributed by atoms with Crippen LogP contribution in [0.1, 0.15) is 120 Å². The number of hydrogen-bond donors (Lipinski definition) is 16. The monoisotopic (exact) mass is 1510 g/mol. The minimum Gasteiger partial charge on any atom is -0.507 e. The maximum absolute atomic E-state index is 14.5. The Hall–Kier alpha value is -8.81. The number of phenolic OH excluding ortho intramolecular Hbond substituents is 1. The van der Waals surface area contributed by atoms with E-state index in [0.717, 1.165) is 5.56 Å². The van der Waals surface area contributed by atoms with E-state index in [1.165, 1.54) is 26.8 Å². The van der Waals surface area contributed by atoms with Gasteiger partial charge in [0.05, 0.1) is 23.2 Å². The fraction of sp³-hybridized carbons (Fsp3) is 0.594. The van der Waals surface area contributed by atoms with Crippen LogP contribution in [-0.4, -0.2) is 270 Å². The van der Waals surface area contributed by atoms with Gasteiger partial charge in [-0.25, -0.2) is 19.2 Å². The molecule has 0 saturated carbocycles. The number of carbonyl (C=O) groups excluding carboxylic acids is 6. The lowest BCUT2D eigenvalue weighted by Crippen LogP contribution is -2.56. The van der Waals surface area contributed by atoms with Crippen LogP contribution in [0, 0.1) is 3.57 Å². The van der Waals surface area contributed by atoms with Gasteiger partial charge in [-0.05, 0) is 123 Å². The third kappa shape index (κ3) is 36.6. The third-order valence-corrected chi connectivity index (χ3v) is 17.0. The molecule has 99 heavy (non-hydrogen) atoms. The molecule has 2 aromatic carbocycles. The number of carbonyl (C=O) groups is 14. The van der Waals surface area contributed by atoms with E-state index in [4.69, 9.17) is 5.11 Å². The first kappa shape index (κ1) is 84.4. The van der Waals surface area contributed by atoms with Crippen molar-refractivity contribution in [3.63, 3.8) is 0 Å². The number of aromatic hydroxyl groups is 1. The second kappa shape index (κ2) is 46.5. The van der Waals surface area contributed by atoms with Crippen LogP contribution in [0.15, 0.2) is 48.5 Å². The molecule has 34 nitrogen and oxygen atoms in total. The van der Waals surface area contributed by atoms with Gasteiger partial charge in [-0.3, -0.25) is 67.5 Å². The number of rotatable bonds is 46. The lowest BCUT2D eigenvalue weighted by Gasteiger charge is -2.35. The highest BCUT2D eigenvalue weighted by Gasteiger charge is 2.33. The fourth-order valence-electron chi connectivity index (χ4n) is 10.7. The summed E-state index contributed by atoms with van der Waals surface area (Å²) in [4.78, 5) is 181. The van der Waals surface area contributed by atoms with Crippen LogP contribution < -0.4 is 37.2 Å². The van der Waals surface area contributed by atoms with E-state index in [2.05, 4.69) is 37.2 Å². The Morgan fingerprint density at radius 1 is 0.404 bits per heavy atom. The van der Waals surface area contributed by atoms with Crippen molar-refractivity contribution in [2.45, 2.75) is 158 Å². The van der Waals surface area contributed by atoms with Gasteiger partial charge in [0.25, 0.3) is 0 Å². The van der Waals surface area contributed by atoms with E-state index in [1.807, 2.05) is 22.6 Å². The van der Waals surface area contributed by atoms with Crippen molar-refractivity contribution in [3.05, 3.63) is 63.2 Å². The van der Waals surface area contributed by atoms with E-state index in [9.17, 15) is 108 Å². The summed E-state index contributed by atoms with van der Waals surface area (Å²) < 4.78 is 0.404. The zero-order valence-electron chi connectivity index (χ0n) is 55.1. The molecule has 1 saturated heterocycles. The highest BCUT2D eigenvalue weighted by Crippen LogP contribution is 2.22. The van der Waals surface area contributed by atoms with Crippen molar-refractivity contribution in [2.24, 2.45) is 0 Å². The molecule has 2 aromatic rings. The summed E-state index contributed by atoms with van der Waals surface area (Å²) in [6, 6.07) is 3.75. The first-order valence-corrected chi connectivity index (χ1v) is 33.8. The maximum atomic E-state index is 14.5. The summed E-state index contributed by atoms with van der Waals surface area (Å²) >= 11 is 1.88. The average molecular weight is 1510 g/mol. The molecule has 1 fully saturated rings. The minimum atomic E-state index is -1.54. The molecule has 0 radical (unpaired) electrons. The van der Waals surface area contributed by atoms with E-state index in [0.29, 0.717) is 47.7 Å². The summed E-state index contributed by atoms with van der Waals surface area (Å²) in [6.07, 6.45) is 2.11. The summed E-state index contributed by atoms with van der Waals surface area (Å²) in [7, 11) is 0. The van der Waals surface area contributed by atoms with Crippen molar-refractivity contribution >= 4 is 106 Å². The van der Waals surface area contributed by atoms with Gasteiger partial charge in [-0.2, -0.15) is 0 Å². The van der Waals surface area contributed by atoms with E-state index in [-0.39, 0.29) is 147 Å². The van der Waals surface area contributed by atoms with E-state index < -0.39 is 147 Å². The molecule has 1 heterocycles. The van der Waals surface area contributed by atoms with Crippen LogP contribution in [0.5, 0.6) is 5.75 Å². The maximum Gasteiger partial charge on any atom is 0.326 e. The Kier molecular flexibility index (Phi) is 39.6. The van der Waals surface area contributed by atoms with Crippen molar-refractivity contribution in [1.82, 2.24) is 56.8 Å². The number of hydrogen-bond acceptors (Lipinski definition) is 19. The highest BCUT2D eigenvalue weighted by molar-refractivity contribution is 14.1. The molecule has 0 bridgehead atoms. The molecule has 6 atom stereocenters. The van der Waals surface area contributed by atoms with Crippen LogP contribution in [0.3, 0.4) is 0 Å². The number of carboxylic acids is 8. The van der Waals surface area contributed by atoms with Crippen LogP contribution >= 0.6 is 22.6 Å². The molecule has 550 valence electrons. The zero-order chi connectivity index (χ0) is 73.4. The Balaban J connectivity index is 1.59. The van der Waals surface area contributed by atoms with E-state index in [1.54, 1.807) is 41.3 Å². The number of benzene rings is 2. The molecular formula is C64H94IN11O23. The predicted octanol–water partition coefficient (Wildman–Crippen LogP) is 0.404. The van der Waals surface area contributed by atoms with Gasteiger partial charge in [0.15, 0.2) is 0 Å². The van der Waals surface area contributed by atoms with Gasteiger partial charge in [-0.15, -0.1) is 0 Å². The average Bonchev–Trinajstić information content (AvgIpc) is 0.867.